The van der Waals surface area contributed by atoms with E-state index in [1.807, 2.05) is 26.0 Å². The predicted octanol–water partition coefficient (Wildman–Crippen LogP) is 3.44. The Morgan fingerprint density at radius 2 is 1.81 bits per heavy atom. The van der Waals surface area contributed by atoms with E-state index in [1.165, 1.54) is 11.8 Å². The van der Waals surface area contributed by atoms with Crippen molar-refractivity contribution >= 4 is 35.2 Å². The van der Waals surface area contributed by atoms with E-state index in [9.17, 15) is 9.59 Å². The summed E-state index contributed by atoms with van der Waals surface area (Å²) in [7, 11) is 0. The minimum absolute atomic E-state index is 0.200. The second-order valence-corrected chi connectivity index (χ2v) is 7.09. The van der Waals surface area contributed by atoms with Gasteiger partial charge in [-0.3, -0.25) is 4.79 Å². The van der Waals surface area contributed by atoms with E-state index in [4.69, 9.17) is 16.7 Å². The number of aliphatic carboxylic acids is 1. The number of nitrogens with one attached hydrogen (secondary N) is 1. The minimum Gasteiger partial charge on any atom is -0.480 e. The number of halogens is 1. The van der Waals surface area contributed by atoms with Crippen LogP contribution in [0, 0.1) is 5.92 Å². The monoisotopic (exact) mass is 329 g/mol. The summed E-state index contributed by atoms with van der Waals surface area (Å²) in [6.07, 6.45) is 0.416. The number of hydrogen-bond acceptors (Lipinski definition) is 3. The number of amides is 1. The van der Waals surface area contributed by atoms with Gasteiger partial charge in [-0.25, -0.2) is 4.79 Å². The highest BCUT2D eigenvalue weighted by Crippen LogP contribution is 2.25. The molecule has 1 rings (SSSR count). The molecule has 1 aromatic carbocycles. The molecule has 2 N–H and O–H groups in total. The highest BCUT2D eigenvalue weighted by atomic mass is 35.5. The second-order valence-electron chi connectivity index (χ2n) is 5.24. The molecular weight excluding hydrogens is 310 g/mol. The Labute approximate surface area is 134 Å². The van der Waals surface area contributed by atoms with Gasteiger partial charge in [0.05, 0.1) is 5.25 Å². The van der Waals surface area contributed by atoms with Crippen molar-refractivity contribution in [3.63, 3.8) is 0 Å². The number of carbonyl (C=O) groups is 2. The van der Waals surface area contributed by atoms with Crippen molar-refractivity contribution in [2.24, 2.45) is 5.92 Å². The summed E-state index contributed by atoms with van der Waals surface area (Å²) in [6, 6.07) is 6.34. The molecule has 21 heavy (non-hydrogen) atoms. The van der Waals surface area contributed by atoms with Crippen LogP contribution in [0.4, 0.5) is 0 Å². The van der Waals surface area contributed by atoms with Crippen LogP contribution in [0.1, 0.15) is 27.2 Å². The average Bonchev–Trinajstić information content (AvgIpc) is 2.39. The molecule has 2 atom stereocenters. The van der Waals surface area contributed by atoms with Crippen LogP contribution in [0.15, 0.2) is 29.2 Å². The molecule has 4 nitrogen and oxygen atoms in total. The zero-order valence-electron chi connectivity index (χ0n) is 12.3. The smallest absolute Gasteiger partial charge is 0.326 e. The number of thioether (sulfide) groups is 1. The summed E-state index contributed by atoms with van der Waals surface area (Å²) >= 11 is 7.18. The Balaban J connectivity index is 2.60. The van der Waals surface area contributed by atoms with Crippen LogP contribution in [-0.2, 0) is 9.59 Å². The molecule has 0 heterocycles. The predicted molar refractivity (Wildman–Crippen MR) is 85.8 cm³/mol. The van der Waals surface area contributed by atoms with Crippen molar-refractivity contribution in [2.75, 3.05) is 0 Å². The van der Waals surface area contributed by atoms with Gasteiger partial charge in [0.15, 0.2) is 0 Å². The Morgan fingerprint density at radius 3 is 2.29 bits per heavy atom. The van der Waals surface area contributed by atoms with Gasteiger partial charge in [-0.15, -0.1) is 11.8 Å². The van der Waals surface area contributed by atoms with Crippen LogP contribution in [0.3, 0.4) is 0 Å². The Kier molecular flexibility index (Phi) is 7.05. The molecule has 0 aromatic heterocycles. The van der Waals surface area contributed by atoms with Gasteiger partial charge in [-0.2, -0.15) is 0 Å². The van der Waals surface area contributed by atoms with Gasteiger partial charge in [0.2, 0.25) is 5.91 Å². The van der Waals surface area contributed by atoms with Crippen LogP contribution in [0.25, 0.3) is 0 Å². The standard InChI is InChI=1S/C15H20ClNO3S/c1-9(2)8-13(15(19)20)17-14(18)10(3)21-12-6-4-11(16)5-7-12/h4-7,9-10,13H,8H2,1-3H3,(H,17,18)(H,19,20)/t10?,13-/m1/s1. The summed E-state index contributed by atoms with van der Waals surface area (Å²) in [6.45, 7) is 5.60. The zero-order valence-corrected chi connectivity index (χ0v) is 13.9. The molecule has 0 fully saturated rings. The van der Waals surface area contributed by atoms with E-state index in [1.54, 1.807) is 19.1 Å². The molecule has 0 radical (unpaired) electrons. The molecule has 116 valence electrons. The molecular formula is C15H20ClNO3S. The molecule has 1 amide bonds. The molecule has 1 unspecified atom stereocenters. The van der Waals surface area contributed by atoms with Gasteiger partial charge < -0.3 is 10.4 Å². The molecule has 0 spiro atoms. The molecule has 0 saturated heterocycles. The van der Waals surface area contributed by atoms with Crippen LogP contribution in [0.2, 0.25) is 5.02 Å². The van der Waals surface area contributed by atoms with Gasteiger partial charge in [-0.1, -0.05) is 25.4 Å². The largest absolute Gasteiger partial charge is 0.480 e. The fourth-order valence-corrected chi connectivity index (χ4v) is 2.76. The minimum atomic E-state index is -0.999. The number of rotatable bonds is 7. The fraction of sp³-hybridized carbons (Fsp3) is 0.467. The van der Waals surface area contributed by atoms with Gasteiger partial charge >= 0.3 is 5.97 Å². The first-order chi connectivity index (χ1) is 9.79. The number of carboxylic acids is 1. The average molecular weight is 330 g/mol. The number of carbonyl (C=O) groups excluding carboxylic acids is 1. The van der Waals surface area contributed by atoms with Crippen LogP contribution in [0.5, 0.6) is 0 Å². The maximum Gasteiger partial charge on any atom is 0.326 e. The lowest BCUT2D eigenvalue weighted by molar-refractivity contribution is -0.142. The first-order valence-corrected chi connectivity index (χ1v) is 8.00. The van der Waals surface area contributed by atoms with E-state index in [2.05, 4.69) is 5.32 Å². The molecule has 0 saturated carbocycles. The lowest BCUT2D eigenvalue weighted by atomic mass is 10.0. The Hall–Kier alpha value is -1.20. The van der Waals surface area contributed by atoms with Gasteiger partial charge in [0, 0.05) is 9.92 Å². The third-order valence-corrected chi connectivity index (χ3v) is 4.18. The van der Waals surface area contributed by atoms with Gasteiger partial charge in [0.25, 0.3) is 0 Å². The van der Waals surface area contributed by atoms with Crippen LogP contribution < -0.4 is 5.32 Å². The lowest BCUT2D eigenvalue weighted by Crippen LogP contribution is -2.44. The molecule has 0 aliphatic heterocycles. The van der Waals surface area contributed by atoms with Gasteiger partial charge in [0.1, 0.15) is 6.04 Å². The number of benzene rings is 1. The Morgan fingerprint density at radius 1 is 1.24 bits per heavy atom. The van der Waals surface area contributed by atoms with Crippen molar-refractivity contribution in [1.29, 1.82) is 0 Å². The normalized spacial score (nSPS) is 13.8. The maximum absolute atomic E-state index is 12.1. The number of carboxylic acid groups (broad SMARTS) is 1. The zero-order chi connectivity index (χ0) is 16.0. The van der Waals surface area contributed by atoms with E-state index < -0.39 is 12.0 Å². The van der Waals surface area contributed by atoms with Crippen molar-refractivity contribution < 1.29 is 14.7 Å². The van der Waals surface area contributed by atoms with E-state index in [0.29, 0.717) is 11.4 Å². The first kappa shape index (κ1) is 17.9. The van der Waals surface area contributed by atoms with Gasteiger partial charge in [-0.05, 0) is 43.5 Å². The second kappa shape index (κ2) is 8.29. The molecule has 0 bridgehead atoms. The summed E-state index contributed by atoms with van der Waals surface area (Å²) in [5, 5.41) is 12.0. The highest BCUT2D eigenvalue weighted by molar-refractivity contribution is 8.00. The van der Waals surface area contributed by atoms with Crippen molar-refractivity contribution in [3.05, 3.63) is 29.3 Å². The first-order valence-electron chi connectivity index (χ1n) is 6.75. The molecule has 0 aliphatic carbocycles. The lowest BCUT2D eigenvalue weighted by Gasteiger charge is -2.19. The summed E-state index contributed by atoms with van der Waals surface area (Å²) in [4.78, 5) is 24.2. The number of hydrogen-bond donors (Lipinski definition) is 2. The van der Waals surface area contributed by atoms with Crippen molar-refractivity contribution in [1.82, 2.24) is 5.32 Å². The summed E-state index contributed by atoms with van der Waals surface area (Å²) < 4.78 is 0. The summed E-state index contributed by atoms with van der Waals surface area (Å²) in [5.74, 6) is -1.07. The van der Waals surface area contributed by atoms with Crippen LogP contribution >= 0.6 is 23.4 Å². The molecule has 6 heteroatoms. The van der Waals surface area contributed by atoms with Crippen molar-refractivity contribution in [2.45, 2.75) is 43.4 Å². The third-order valence-electron chi connectivity index (χ3n) is 2.82. The highest BCUT2D eigenvalue weighted by Gasteiger charge is 2.24. The molecule has 1 aromatic rings. The Bertz CT molecular complexity index is 490. The topological polar surface area (TPSA) is 66.4 Å². The van der Waals surface area contributed by atoms with Crippen LogP contribution in [-0.4, -0.2) is 28.3 Å². The molecule has 0 aliphatic rings. The quantitative estimate of drug-likeness (QED) is 0.752. The van der Waals surface area contributed by atoms with E-state index in [0.717, 1.165) is 4.90 Å². The SMILES string of the molecule is CC(C)C[C@@H](NC(=O)C(C)Sc1ccc(Cl)cc1)C(=O)O. The summed E-state index contributed by atoms with van der Waals surface area (Å²) in [5.41, 5.74) is 0. The third kappa shape index (κ3) is 6.40. The van der Waals surface area contributed by atoms with Crippen molar-refractivity contribution in [3.8, 4) is 0 Å². The van der Waals surface area contributed by atoms with E-state index in [-0.39, 0.29) is 17.1 Å². The van der Waals surface area contributed by atoms with E-state index >= 15 is 0 Å². The maximum atomic E-state index is 12.1. The fourth-order valence-electron chi connectivity index (χ4n) is 1.75.